The number of rotatable bonds is 14. The molecule has 2 fully saturated rings. The van der Waals surface area contributed by atoms with Gasteiger partial charge in [0.25, 0.3) is 6.47 Å². The lowest BCUT2D eigenvalue weighted by Crippen LogP contribution is -2.20. The summed E-state index contributed by atoms with van der Waals surface area (Å²) >= 11 is 14.4. The van der Waals surface area contributed by atoms with Crippen molar-refractivity contribution in [1.82, 2.24) is 4.90 Å². The highest BCUT2D eigenvalue weighted by Gasteiger charge is 2.25. The second-order valence-corrected chi connectivity index (χ2v) is 11.3. The molecule has 1 saturated heterocycles. The first kappa shape index (κ1) is 32.2. The van der Waals surface area contributed by atoms with E-state index in [9.17, 15) is 13.6 Å². The molecule has 4 rings (SSSR count). The Morgan fingerprint density at radius 2 is 2.00 bits per heavy atom. The van der Waals surface area contributed by atoms with E-state index in [2.05, 4.69) is 34.2 Å². The standard InChI is InChI=1S/C19H17Cl2F2NO4.C10H17NS/c20-14-7-24-8-15(21)13(14)6-17(27-10-25)12-3-4-16(28-19(22)23)18(5-12)26-9-11-1-2-11;1-3-10(4-2)5-6-11-7-8-12-9-11/h3-5,7-8,10-11,17,19H,1-2,6,9H2;3-4H,1,5-9H2,2H3/p+1/b;10-4+. The lowest BCUT2D eigenvalue weighted by atomic mass is 10.0. The van der Waals surface area contributed by atoms with Gasteiger partial charge in [-0.2, -0.15) is 8.78 Å². The molecule has 1 aromatic heterocycles. The second kappa shape index (κ2) is 16.8. The largest absolute Gasteiger partial charge is 0.489 e. The first-order valence-corrected chi connectivity index (χ1v) is 15.0. The van der Waals surface area contributed by atoms with E-state index < -0.39 is 12.7 Å². The Labute approximate surface area is 248 Å². The van der Waals surface area contributed by atoms with Crippen molar-refractivity contribution >= 4 is 41.4 Å². The topological polar surface area (TPSA) is 62.1 Å². The van der Waals surface area contributed by atoms with Gasteiger partial charge in [0.1, 0.15) is 16.1 Å². The summed E-state index contributed by atoms with van der Waals surface area (Å²) in [6.45, 7) is 6.07. The number of H-pyrrole nitrogens is 1. The Morgan fingerprint density at radius 3 is 2.58 bits per heavy atom. The summed E-state index contributed by atoms with van der Waals surface area (Å²) in [6.07, 6.45) is 9.93. The molecule has 218 valence electrons. The number of aromatic nitrogens is 1. The summed E-state index contributed by atoms with van der Waals surface area (Å²) in [6, 6.07) is 4.44. The molecule has 40 heavy (non-hydrogen) atoms. The zero-order valence-electron chi connectivity index (χ0n) is 22.4. The van der Waals surface area contributed by atoms with Crippen LogP contribution in [0.2, 0.25) is 10.0 Å². The Bertz CT molecular complexity index is 1120. The fourth-order valence-corrected chi connectivity index (χ4v) is 5.54. The van der Waals surface area contributed by atoms with Crippen LogP contribution in [0.25, 0.3) is 0 Å². The summed E-state index contributed by atoms with van der Waals surface area (Å²) in [4.78, 5) is 16.3. The van der Waals surface area contributed by atoms with Crippen molar-refractivity contribution in [2.45, 2.75) is 45.3 Å². The maximum absolute atomic E-state index is 12.7. The third kappa shape index (κ3) is 10.6. The molecule has 6 nitrogen and oxygen atoms in total. The van der Waals surface area contributed by atoms with Gasteiger partial charge in [0, 0.05) is 36.7 Å². The van der Waals surface area contributed by atoms with Gasteiger partial charge in [-0.1, -0.05) is 53.6 Å². The number of halogens is 4. The number of nitrogens with one attached hydrogen (secondary N) is 1. The quantitative estimate of drug-likeness (QED) is 0.166. The fourth-order valence-electron chi connectivity index (χ4n) is 3.97. The molecule has 1 aromatic carbocycles. The summed E-state index contributed by atoms with van der Waals surface area (Å²) in [7, 11) is 0. The van der Waals surface area contributed by atoms with Crippen LogP contribution in [0.4, 0.5) is 8.78 Å². The third-order valence-electron chi connectivity index (χ3n) is 6.51. The van der Waals surface area contributed by atoms with Gasteiger partial charge >= 0.3 is 6.61 Å². The molecular weight excluding hydrogens is 581 g/mol. The van der Waals surface area contributed by atoms with Crippen molar-refractivity contribution in [3.63, 3.8) is 0 Å². The van der Waals surface area contributed by atoms with Gasteiger partial charge in [0.15, 0.2) is 23.9 Å². The minimum Gasteiger partial charge on any atom is -0.489 e. The first-order valence-electron chi connectivity index (χ1n) is 13.1. The van der Waals surface area contributed by atoms with Crippen LogP contribution in [0.5, 0.6) is 11.5 Å². The van der Waals surface area contributed by atoms with Crippen LogP contribution in [-0.4, -0.2) is 49.3 Å². The molecule has 0 spiro atoms. The van der Waals surface area contributed by atoms with Gasteiger partial charge in [-0.15, -0.1) is 11.8 Å². The molecule has 0 radical (unpaired) electrons. The summed E-state index contributed by atoms with van der Waals surface area (Å²) in [5.41, 5.74) is 2.49. The molecule has 1 unspecified atom stereocenters. The number of benzene rings is 1. The Balaban J connectivity index is 0.000000307. The molecule has 1 saturated carbocycles. The van der Waals surface area contributed by atoms with Gasteiger partial charge in [-0.25, -0.2) is 4.98 Å². The predicted octanol–water partition coefficient (Wildman–Crippen LogP) is 7.17. The molecule has 1 N–H and O–H groups in total. The fraction of sp³-hybridized carbons (Fsp3) is 0.448. The number of nitrogens with zero attached hydrogens (tertiary/aromatic N) is 1. The zero-order valence-corrected chi connectivity index (χ0v) is 24.8. The van der Waals surface area contributed by atoms with Gasteiger partial charge in [-0.3, -0.25) is 9.69 Å². The Morgan fingerprint density at radius 1 is 1.25 bits per heavy atom. The smallest absolute Gasteiger partial charge is 0.387 e. The molecular formula is C29H35Cl2F2N2O4S+. The molecule has 0 bridgehead atoms. The van der Waals surface area contributed by atoms with E-state index in [1.165, 1.54) is 48.5 Å². The van der Waals surface area contributed by atoms with Crippen molar-refractivity contribution in [3.05, 3.63) is 76.1 Å². The number of alkyl halides is 2. The first-order chi connectivity index (χ1) is 19.3. The van der Waals surface area contributed by atoms with Crippen LogP contribution in [0, 0.1) is 5.92 Å². The van der Waals surface area contributed by atoms with E-state index in [4.69, 9.17) is 32.7 Å². The maximum Gasteiger partial charge on any atom is 0.387 e. The molecule has 2 aromatic rings. The van der Waals surface area contributed by atoms with E-state index in [1.807, 2.05) is 17.8 Å². The maximum atomic E-state index is 12.7. The van der Waals surface area contributed by atoms with Gasteiger partial charge < -0.3 is 14.2 Å². The summed E-state index contributed by atoms with van der Waals surface area (Å²) in [5.74, 6) is 3.04. The van der Waals surface area contributed by atoms with Crippen molar-refractivity contribution < 1.29 is 32.8 Å². The van der Waals surface area contributed by atoms with Gasteiger partial charge in [0.05, 0.1) is 6.61 Å². The lowest BCUT2D eigenvalue weighted by Gasteiger charge is -2.19. The third-order valence-corrected chi connectivity index (χ3v) is 8.20. The van der Waals surface area contributed by atoms with Crippen molar-refractivity contribution in [1.29, 1.82) is 0 Å². The highest BCUT2D eigenvalue weighted by atomic mass is 35.5. The molecule has 1 aliphatic heterocycles. The lowest BCUT2D eigenvalue weighted by molar-refractivity contribution is -0.377. The minimum atomic E-state index is -2.98. The number of hydrogen-bond acceptors (Lipinski definition) is 6. The van der Waals surface area contributed by atoms with Crippen molar-refractivity contribution in [2.24, 2.45) is 5.92 Å². The number of pyridine rings is 1. The minimum absolute atomic E-state index is 0.0744. The van der Waals surface area contributed by atoms with Crippen LogP contribution in [-0.2, 0) is 16.0 Å². The zero-order chi connectivity index (χ0) is 28.9. The number of aromatic amines is 1. The Kier molecular flexibility index (Phi) is 13.5. The molecule has 11 heteroatoms. The van der Waals surface area contributed by atoms with E-state index in [0.717, 1.165) is 19.3 Å². The number of carbonyl (C=O) groups excluding carboxylic acids is 1. The van der Waals surface area contributed by atoms with Crippen LogP contribution in [0.1, 0.15) is 43.4 Å². The Hall–Kier alpha value is -2.33. The number of allylic oxidation sites excluding steroid dienone is 2. The van der Waals surface area contributed by atoms with Crippen LogP contribution < -0.4 is 14.5 Å². The van der Waals surface area contributed by atoms with Gasteiger partial charge in [0.2, 0.25) is 0 Å². The van der Waals surface area contributed by atoms with Crippen LogP contribution in [0.3, 0.4) is 0 Å². The number of carbonyl (C=O) groups is 1. The monoisotopic (exact) mass is 615 g/mol. The SMILES string of the molecule is C=C/C(=C\C)CCN1CCSC1.O=COC(Cc1c(Cl)c[nH+]cc1Cl)c1ccc(OC(F)F)c(OCC2CC2)c1. The molecule has 1 atom stereocenters. The second-order valence-electron chi connectivity index (χ2n) is 9.37. The number of thioether (sulfide) groups is 1. The molecule has 2 aliphatic rings. The molecule has 1 aliphatic carbocycles. The van der Waals surface area contributed by atoms with Gasteiger partial charge in [-0.05, 0) is 49.8 Å². The molecule has 0 amide bonds. The van der Waals surface area contributed by atoms with E-state index in [1.54, 1.807) is 12.4 Å². The average molecular weight is 617 g/mol. The average Bonchev–Trinajstić information content (AvgIpc) is 3.62. The van der Waals surface area contributed by atoms with Crippen molar-refractivity contribution in [3.8, 4) is 11.5 Å². The molecule has 2 heterocycles. The van der Waals surface area contributed by atoms with E-state index in [-0.39, 0.29) is 17.9 Å². The van der Waals surface area contributed by atoms with Crippen LogP contribution >= 0.6 is 35.0 Å². The van der Waals surface area contributed by atoms with Crippen molar-refractivity contribution in [2.75, 3.05) is 31.3 Å². The summed E-state index contributed by atoms with van der Waals surface area (Å²) < 4.78 is 40.8. The van der Waals surface area contributed by atoms with E-state index >= 15 is 0 Å². The highest BCUT2D eigenvalue weighted by Crippen LogP contribution is 2.37. The summed E-state index contributed by atoms with van der Waals surface area (Å²) in [5, 5.41) is 0.768. The number of ether oxygens (including phenoxy) is 3. The van der Waals surface area contributed by atoms with E-state index in [0.29, 0.717) is 40.2 Å². The van der Waals surface area contributed by atoms with Crippen LogP contribution in [0.15, 0.2) is 54.9 Å². The normalized spacial score (nSPS) is 16.2. The predicted molar refractivity (Wildman–Crippen MR) is 155 cm³/mol. The highest BCUT2D eigenvalue weighted by molar-refractivity contribution is 7.99. The number of hydrogen-bond donors (Lipinski definition) is 0.